The maximum Gasteiger partial charge on any atom is 0.328 e. The van der Waals surface area contributed by atoms with E-state index in [9.17, 15) is 24.3 Å². The summed E-state index contributed by atoms with van der Waals surface area (Å²) in [5, 5.41) is 17.5. The highest BCUT2D eigenvalue weighted by molar-refractivity contribution is 5.93. The minimum absolute atomic E-state index is 0.0203. The highest BCUT2D eigenvalue weighted by atomic mass is 16.8. The van der Waals surface area contributed by atoms with Gasteiger partial charge in [0, 0.05) is 12.5 Å². The van der Waals surface area contributed by atoms with Gasteiger partial charge in [0.1, 0.15) is 30.4 Å². The molecule has 14 nitrogen and oxygen atoms in total. The van der Waals surface area contributed by atoms with Crippen LogP contribution in [0.2, 0.25) is 0 Å². The van der Waals surface area contributed by atoms with Gasteiger partial charge in [0.25, 0.3) is 0 Å². The first-order valence-corrected chi connectivity index (χ1v) is 16.9. The number of fused-ring (bicyclic) bond motifs is 1. The molecule has 274 valence electrons. The average Bonchev–Trinajstić information content (AvgIpc) is 3.54. The number of nitrogens with one attached hydrogen (secondary N) is 3. The lowest BCUT2D eigenvalue weighted by atomic mass is 10.0. The van der Waals surface area contributed by atoms with Crippen molar-refractivity contribution in [2.75, 3.05) is 6.61 Å². The molecule has 0 aromatic heterocycles. The van der Waals surface area contributed by atoms with Gasteiger partial charge in [0.15, 0.2) is 18.1 Å². The molecule has 4 rings (SSSR count). The molecule has 0 bridgehead atoms. The van der Waals surface area contributed by atoms with E-state index in [2.05, 4.69) is 16.0 Å². The van der Waals surface area contributed by atoms with Crippen molar-refractivity contribution < 1.29 is 48.0 Å². The highest BCUT2D eigenvalue weighted by Gasteiger charge is 2.56. The number of hydrogen-bond donors (Lipinski definition) is 5. The minimum Gasteiger partial charge on any atom is -0.480 e. The van der Waals surface area contributed by atoms with Gasteiger partial charge in [-0.05, 0) is 44.2 Å². The van der Waals surface area contributed by atoms with Crippen LogP contribution in [0.1, 0.15) is 58.6 Å². The maximum atomic E-state index is 13.2. The second-order valence-electron chi connectivity index (χ2n) is 13.6. The Labute approximate surface area is 292 Å². The maximum absolute atomic E-state index is 13.2. The van der Waals surface area contributed by atoms with Crippen molar-refractivity contribution in [1.29, 1.82) is 0 Å². The number of carboxylic acid groups (broad SMARTS) is 1. The molecule has 0 radical (unpaired) electrons. The molecule has 2 aromatic carbocycles. The first kappa shape index (κ1) is 38.9. The topological polar surface area (TPSA) is 197 Å². The largest absolute Gasteiger partial charge is 0.480 e. The number of amides is 3. The molecule has 2 fully saturated rings. The summed E-state index contributed by atoms with van der Waals surface area (Å²) in [6.45, 7) is 8.93. The van der Waals surface area contributed by atoms with Crippen molar-refractivity contribution in [2.45, 2.75) is 115 Å². The highest BCUT2D eigenvalue weighted by Crippen LogP contribution is 2.40. The number of carbonyl (C=O) groups excluding carboxylic acids is 3. The number of hydrogen-bond acceptors (Lipinski definition) is 10. The number of benzene rings is 2. The Morgan fingerprint density at radius 2 is 1.46 bits per heavy atom. The summed E-state index contributed by atoms with van der Waals surface area (Å²) in [7, 11) is 0. The van der Waals surface area contributed by atoms with E-state index in [0.717, 1.165) is 11.1 Å². The van der Waals surface area contributed by atoms with Crippen molar-refractivity contribution in [2.24, 2.45) is 11.7 Å². The molecule has 2 heterocycles. The molecule has 0 aliphatic carbocycles. The van der Waals surface area contributed by atoms with Crippen LogP contribution >= 0.6 is 0 Å². The monoisotopic (exact) mass is 698 g/mol. The van der Waals surface area contributed by atoms with Crippen LogP contribution in [0.5, 0.6) is 0 Å². The quantitative estimate of drug-likeness (QED) is 0.153. The predicted octanol–water partition coefficient (Wildman–Crippen LogP) is 1.99. The molecule has 3 amide bonds. The number of carboxylic acids is 1. The SMILES string of the molecule is CC(C)C[C@H](NC(=O)[C@H](C)NC(=O)C[C@H](N)C1O[C@@H]2OC(C)(C)O[C@@H]2[C@H]1OCc1ccccc1)C(=O)N[C@@H](COCc1ccccc1)C(=O)O. The molecule has 2 aromatic rings. The minimum atomic E-state index is -1.34. The van der Waals surface area contributed by atoms with Crippen LogP contribution in [0.4, 0.5) is 0 Å². The number of ether oxygens (including phenoxy) is 5. The van der Waals surface area contributed by atoms with Crippen LogP contribution in [0.15, 0.2) is 60.7 Å². The molecule has 8 atom stereocenters. The summed E-state index contributed by atoms with van der Waals surface area (Å²) in [6.07, 6.45) is -2.62. The third-order valence-electron chi connectivity index (χ3n) is 8.28. The van der Waals surface area contributed by atoms with E-state index in [0.29, 0.717) is 0 Å². The summed E-state index contributed by atoms with van der Waals surface area (Å²) >= 11 is 0. The Kier molecular flexibility index (Phi) is 13.9. The van der Waals surface area contributed by atoms with Crippen LogP contribution in [0.3, 0.4) is 0 Å². The molecule has 14 heteroatoms. The van der Waals surface area contributed by atoms with Gasteiger partial charge in [0.05, 0.1) is 19.8 Å². The van der Waals surface area contributed by atoms with Crippen LogP contribution in [-0.2, 0) is 56.1 Å². The zero-order valence-electron chi connectivity index (χ0n) is 29.2. The summed E-state index contributed by atoms with van der Waals surface area (Å²) in [5.74, 6) is -4.00. The van der Waals surface area contributed by atoms with Gasteiger partial charge in [-0.3, -0.25) is 14.4 Å². The molecular formula is C36H50N4O10. The van der Waals surface area contributed by atoms with Crippen LogP contribution in [-0.4, -0.2) is 90.0 Å². The van der Waals surface area contributed by atoms with E-state index < -0.39 is 78.2 Å². The Hall–Kier alpha value is -3.92. The van der Waals surface area contributed by atoms with Gasteiger partial charge in [-0.15, -0.1) is 0 Å². The van der Waals surface area contributed by atoms with E-state index in [1.807, 2.05) is 74.5 Å². The van der Waals surface area contributed by atoms with Crippen LogP contribution in [0.25, 0.3) is 0 Å². The Morgan fingerprint density at radius 1 is 0.860 bits per heavy atom. The van der Waals surface area contributed by atoms with Crippen molar-refractivity contribution in [3.8, 4) is 0 Å². The van der Waals surface area contributed by atoms with Crippen molar-refractivity contribution >= 4 is 23.7 Å². The van der Waals surface area contributed by atoms with E-state index in [-0.39, 0.29) is 38.6 Å². The molecule has 0 spiro atoms. The lowest BCUT2D eigenvalue weighted by Gasteiger charge is -2.29. The third kappa shape index (κ3) is 11.3. The Balaban J connectivity index is 1.30. The van der Waals surface area contributed by atoms with Gasteiger partial charge in [-0.2, -0.15) is 0 Å². The lowest BCUT2D eigenvalue weighted by molar-refractivity contribution is -0.221. The van der Waals surface area contributed by atoms with Crippen molar-refractivity contribution in [1.82, 2.24) is 16.0 Å². The number of nitrogens with two attached hydrogens (primary N) is 1. The summed E-state index contributed by atoms with van der Waals surface area (Å²) in [4.78, 5) is 51.4. The zero-order valence-corrected chi connectivity index (χ0v) is 29.2. The molecule has 2 aliphatic heterocycles. The molecular weight excluding hydrogens is 648 g/mol. The Bertz CT molecular complexity index is 1430. The number of aliphatic carboxylic acids is 1. The van der Waals surface area contributed by atoms with E-state index in [1.165, 1.54) is 6.92 Å². The normalized spacial score (nSPS) is 23.3. The van der Waals surface area contributed by atoms with Crippen molar-refractivity contribution in [3.63, 3.8) is 0 Å². The summed E-state index contributed by atoms with van der Waals surface area (Å²) in [5.41, 5.74) is 8.28. The standard InChI is InChI=1S/C36H50N4O10/c1-21(2)16-26(33(43)40-27(34(44)45)20-46-18-23-12-8-6-9-13-23)39-32(42)22(3)38-28(41)17-25(37)29-30(47-19-24-14-10-7-11-15-24)31-35(48-29)50-36(4,5)49-31/h6-15,21-22,25-27,29-31,35H,16-20,37H2,1-5H3,(H,38,41)(H,39,42)(H,40,43)(H,44,45)/t22-,25-,26-,27-,29?,30-,31+,35+/m0/s1. The molecule has 1 unspecified atom stereocenters. The second-order valence-corrected chi connectivity index (χ2v) is 13.6. The second kappa shape index (κ2) is 17.8. The van der Waals surface area contributed by atoms with Gasteiger partial charge < -0.3 is 50.5 Å². The average molecular weight is 699 g/mol. The predicted molar refractivity (Wildman–Crippen MR) is 181 cm³/mol. The summed E-state index contributed by atoms with van der Waals surface area (Å²) in [6, 6.07) is 14.5. The third-order valence-corrected chi connectivity index (χ3v) is 8.28. The Morgan fingerprint density at radius 3 is 2.06 bits per heavy atom. The van der Waals surface area contributed by atoms with Crippen LogP contribution in [0, 0.1) is 5.92 Å². The van der Waals surface area contributed by atoms with E-state index in [1.54, 1.807) is 13.8 Å². The summed E-state index contributed by atoms with van der Waals surface area (Å²) < 4.78 is 29.8. The molecule has 2 saturated heterocycles. The van der Waals surface area contributed by atoms with Gasteiger partial charge in [0.2, 0.25) is 17.7 Å². The zero-order chi connectivity index (χ0) is 36.4. The van der Waals surface area contributed by atoms with E-state index in [4.69, 9.17) is 29.4 Å². The van der Waals surface area contributed by atoms with Crippen LogP contribution < -0.4 is 21.7 Å². The fraction of sp³-hybridized carbons (Fsp3) is 0.556. The molecule has 2 aliphatic rings. The van der Waals surface area contributed by atoms with Gasteiger partial charge in [-0.1, -0.05) is 74.5 Å². The molecule has 0 saturated carbocycles. The lowest BCUT2D eigenvalue weighted by Crippen LogP contribution is -2.56. The fourth-order valence-corrected chi connectivity index (χ4v) is 5.82. The van der Waals surface area contributed by atoms with Crippen molar-refractivity contribution in [3.05, 3.63) is 71.8 Å². The molecule has 50 heavy (non-hydrogen) atoms. The van der Waals surface area contributed by atoms with E-state index >= 15 is 0 Å². The van der Waals surface area contributed by atoms with Gasteiger partial charge >= 0.3 is 5.97 Å². The first-order chi connectivity index (χ1) is 23.7. The number of carbonyl (C=O) groups is 4. The fourth-order valence-electron chi connectivity index (χ4n) is 5.82. The molecule has 6 N–H and O–H groups in total. The first-order valence-electron chi connectivity index (χ1n) is 16.9. The smallest absolute Gasteiger partial charge is 0.328 e. The van der Waals surface area contributed by atoms with Gasteiger partial charge in [-0.25, -0.2) is 4.79 Å². The number of rotatable bonds is 18.